The van der Waals surface area contributed by atoms with Gasteiger partial charge in [-0.05, 0) is 86.6 Å². The standard InChI is InChI=1S/C25H29Cl2N5O2S/c26-19-5-9-21(10-6-19)28-14-15-30-25-23(4-3-13-29-25)31-24(18-32-16-1-2-17-32)35(33,34)22-11-7-20(27)8-12-22/h3-13,24,28,31H,1-2,14-18H2,(H,29,30). The number of nitrogens with one attached hydrogen (secondary N) is 3. The van der Waals surface area contributed by atoms with E-state index in [9.17, 15) is 8.42 Å². The second-order valence-electron chi connectivity index (χ2n) is 8.40. The van der Waals surface area contributed by atoms with Crippen molar-refractivity contribution in [3.63, 3.8) is 0 Å². The molecule has 1 aromatic heterocycles. The first kappa shape index (κ1) is 25.6. The molecule has 2 heterocycles. The van der Waals surface area contributed by atoms with Gasteiger partial charge < -0.3 is 20.9 Å². The Balaban J connectivity index is 1.47. The fourth-order valence-corrected chi connectivity index (χ4v) is 5.79. The fourth-order valence-electron chi connectivity index (χ4n) is 4.00. The van der Waals surface area contributed by atoms with Gasteiger partial charge in [0.1, 0.15) is 11.2 Å². The van der Waals surface area contributed by atoms with Crippen molar-refractivity contribution in [2.45, 2.75) is 23.1 Å². The molecule has 3 N–H and O–H groups in total. The van der Waals surface area contributed by atoms with Crippen LogP contribution in [0, 0.1) is 0 Å². The predicted octanol–water partition coefficient (Wildman–Crippen LogP) is 5.22. The molecule has 1 saturated heterocycles. The third-order valence-corrected chi connectivity index (χ3v) is 8.30. The molecule has 0 saturated carbocycles. The Labute approximate surface area is 216 Å². The van der Waals surface area contributed by atoms with Gasteiger partial charge in [0.15, 0.2) is 9.84 Å². The SMILES string of the molecule is O=S(=O)(c1ccc(Cl)cc1)C(CN1CCCC1)Nc1cccnc1NCCNc1ccc(Cl)cc1. The first-order valence-electron chi connectivity index (χ1n) is 11.6. The van der Waals surface area contributed by atoms with E-state index in [2.05, 4.69) is 25.8 Å². The highest BCUT2D eigenvalue weighted by Gasteiger charge is 2.31. The third kappa shape index (κ3) is 7.01. The van der Waals surface area contributed by atoms with Gasteiger partial charge in [-0.15, -0.1) is 0 Å². The zero-order valence-electron chi connectivity index (χ0n) is 19.3. The number of nitrogens with zero attached hydrogens (tertiary/aromatic N) is 2. The number of hydrogen-bond acceptors (Lipinski definition) is 7. The molecule has 35 heavy (non-hydrogen) atoms. The van der Waals surface area contributed by atoms with Gasteiger partial charge in [-0.3, -0.25) is 0 Å². The summed E-state index contributed by atoms with van der Waals surface area (Å²) in [5, 5.41) is 10.2. The van der Waals surface area contributed by atoms with Crippen molar-refractivity contribution in [3.05, 3.63) is 76.9 Å². The molecule has 0 amide bonds. The lowest BCUT2D eigenvalue weighted by Crippen LogP contribution is -2.41. The van der Waals surface area contributed by atoms with Crippen LogP contribution in [0.1, 0.15) is 12.8 Å². The molecule has 0 bridgehead atoms. The topological polar surface area (TPSA) is 86.4 Å². The molecular weight excluding hydrogens is 505 g/mol. The van der Waals surface area contributed by atoms with Crippen LogP contribution in [0.5, 0.6) is 0 Å². The summed E-state index contributed by atoms with van der Waals surface area (Å²) in [6.07, 6.45) is 3.84. The van der Waals surface area contributed by atoms with Crippen LogP contribution in [-0.2, 0) is 9.84 Å². The van der Waals surface area contributed by atoms with Gasteiger partial charge in [0.05, 0.1) is 10.6 Å². The summed E-state index contributed by atoms with van der Waals surface area (Å²) >= 11 is 11.9. The minimum atomic E-state index is -3.68. The van der Waals surface area contributed by atoms with Gasteiger partial charge >= 0.3 is 0 Å². The molecule has 1 atom stereocenters. The third-order valence-electron chi connectivity index (χ3n) is 5.85. The predicted molar refractivity (Wildman–Crippen MR) is 144 cm³/mol. The molecule has 4 rings (SSSR count). The van der Waals surface area contributed by atoms with E-state index in [1.807, 2.05) is 30.3 Å². The number of rotatable bonds is 11. The summed E-state index contributed by atoms with van der Waals surface area (Å²) in [6.45, 7) is 3.41. The highest BCUT2D eigenvalue weighted by molar-refractivity contribution is 7.92. The van der Waals surface area contributed by atoms with Crippen molar-refractivity contribution in [2.24, 2.45) is 0 Å². The monoisotopic (exact) mass is 533 g/mol. The zero-order valence-corrected chi connectivity index (χ0v) is 21.6. The number of anilines is 3. The lowest BCUT2D eigenvalue weighted by atomic mass is 10.3. The number of sulfone groups is 1. The van der Waals surface area contributed by atoms with Gasteiger partial charge in [0, 0.05) is 41.6 Å². The normalized spacial score (nSPS) is 15.0. The quantitative estimate of drug-likeness (QED) is 0.291. The average molecular weight is 535 g/mol. The van der Waals surface area contributed by atoms with Crippen LogP contribution in [0.3, 0.4) is 0 Å². The van der Waals surface area contributed by atoms with Crippen LogP contribution in [-0.4, -0.2) is 56.4 Å². The Morgan fingerprint density at radius 2 is 1.51 bits per heavy atom. The number of hydrogen-bond donors (Lipinski definition) is 3. The van der Waals surface area contributed by atoms with Crippen molar-refractivity contribution in [1.82, 2.24) is 9.88 Å². The molecule has 186 valence electrons. The van der Waals surface area contributed by atoms with E-state index < -0.39 is 15.2 Å². The van der Waals surface area contributed by atoms with Crippen molar-refractivity contribution >= 4 is 50.2 Å². The summed E-state index contributed by atoms with van der Waals surface area (Å²) < 4.78 is 27.2. The molecule has 3 aromatic rings. The molecule has 0 spiro atoms. The van der Waals surface area contributed by atoms with Crippen LogP contribution in [0.4, 0.5) is 17.2 Å². The number of halogens is 2. The first-order chi connectivity index (χ1) is 16.9. The van der Waals surface area contributed by atoms with Crippen LogP contribution >= 0.6 is 23.2 Å². The van der Waals surface area contributed by atoms with Crippen LogP contribution in [0.2, 0.25) is 10.0 Å². The maximum absolute atomic E-state index is 13.6. The first-order valence-corrected chi connectivity index (χ1v) is 13.9. The van der Waals surface area contributed by atoms with Crippen molar-refractivity contribution in [1.29, 1.82) is 0 Å². The molecule has 1 fully saturated rings. The average Bonchev–Trinajstić information content (AvgIpc) is 3.37. The largest absolute Gasteiger partial charge is 0.383 e. The van der Waals surface area contributed by atoms with Crippen molar-refractivity contribution < 1.29 is 8.42 Å². The molecule has 10 heteroatoms. The lowest BCUT2D eigenvalue weighted by Gasteiger charge is -2.26. The van der Waals surface area contributed by atoms with E-state index >= 15 is 0 Å². The highest BCUT2D eigenvalue weighted by atomic mass is 35.5. The van der Waals surface area contributed by atoms with Gasteiger partial charge in [0.2, 0.25) is 0 Å². The molecule has 1 unspecified atom stereocenters. The molecule has 0 radical (unpaired) electrons. The molecule has 2 aromatic carbocycles. The maximum Gasteiger partial charge on any atom is 0.200 e. The zero-order chi connectivity index (χ0) is 24.7. The van der Waals surface area contributed by atoms with E-state index in [0.29, 0.717) is 41.2 Å². The summed E-state index contributed by atoms with van der Waals surface area (Å²) in [4.78, 5) is 6.87. The van der Waals surface area contributed by atoms with Crippen molar-refractivity contribution in [2.75, 3.05) is 48.7 Å². The Morgan fingerprint density at radius 1 is 0.886 bits per heavy atom. The number of pyridine rings is 1. The smallest absolute Gasteiger partial charge is 0.200 e. The van der Waals surface area contributed by atoms with Gasteiger partial charge in [-0.1, -0.05) is 23.2 Å². The number of aromatic nitrogens is 1. The van der Waals surface area contributed by atoms with E-state index in [1.54, 1.807) is 36.5 Å². The van der Waals surface area contributed by atoms with Gasteiger partial charge in [-0.25, -0.2) is 13.4 Å². The maximum atomic E-state index is 13.6. The summed E-state index contributed by atoms with van der Waals surface area (Å²) in [6, 6.07) is 17.5. The van der Waals surface area contributed by atoms with Crippen LogP contribution in [0.15, 0.2) is 71.8 Å². The Kier molecular flexibility index (Phi) is 8.73. The van der Waals surface area contributed by atoms with Gasteiger partial charge in [0.25, 0.3) is 0 Å². The Morgan fingerprint density at radius 3 is 2.20 bits per heavy atom. The second kappa shape index (κ2) is 11.9. The number of benzene rings is 2. The fraction of sp³-hybridized carbons (Fsp3) is 0.320. The van der Waals surface area contributed by atoms with Gasteiger partial charge in [-0.2, -0.15) is 0 Å². The number of likely N-dealkylation sites (tertiary alicyclic amines) is 1. The molecular formula is C25H29Cl2N5O2S. The molecule has 1 aliphatic heterocycles. The van der Waals surface area contributed by atoms with E-state index in [0.717, 1.165) is 31.6 Å². The Hall–Kier alpha value is -2.52. The summed E-state index contributed by atoms with van der Waals surface area (Å²) in [5.74, 6) is 0.600. The Bertz CT molecular complexity index is 1200. The van der Waals surface area contributed by atoms with Crippen LogP contribution < -0.4 is 16.0 Å². The molecule has 7 nitrogen and oxygen atoms in total. The minimum Gasteiger partial charge on any atom is -0.383 e. The second-order valence-corrected chi connectivity index (χ2v) is 11.4. The van der Waals surface area contributed by atoms with E-state index in [1.165, 1.54) is 0 Å². The van der Waals surface area contributed by atoms with Crippen LogP contribution in [0.25, 0.3) is 0 Å². The molecule has 1 aliphatic rings. The van der Waals surface area contributed by atoms with E-state index in [-0.39, 0.29) is 4.90 Å². The van der Waals surface area contributed by atoms with E-state index in [4.69, 9.17) is 23.2 Å². The minimum absolute atomic E-state index is 0.240. The molecule has 0 aliphatic carbocycles. The summed E-state index contributed by atoms with van der Waals surface area (Å²) in [5.41, 5.74) is 1.61. The summed E-state index contributed by atoms with van der Waals surface area (Å²) in [7, 11) is -3.68. The van der Waals surface area contributed by atoms with Crippen molar-refractivity contribution in [3.8, 4) is 0 Å². The highest BCUT2D eigenvalue weighted by Crippen LogP contribution is 2.25. The lowest BCUT2D eigenvalue weighted by molar-refractivity contribution is 0.341.